The topological polar surface area (TPSA) is 50.2 Å². The summed E-state index contributed by atoms with van der Waals surface area (Å²) in [5, 5.41) is 9.00. The molecular formula is C27H36N4O. The zero-order valence-electron chi connectivity index (χ0n) is 19.7. The van der Waals surface area contributed by atoms with Crippen molar-refractivity contribution in [3.8, 4) is 11.1 Å². The molecule has 1 amide bonds. The first-order valence-electron chi connectivity index (χ1n) is 12.1. The van der Waals surface area contributed by atoms with E-state index in [-0.39, 0.29) is 12.5 Å². The molecule has 1 N–H and O–H groups in total. The Hall–Kier alpha value is -2.66. The summed E-state index contributed by atoms with van der Waals surface area (Å²) >= 11 is 0. The van der Waals surface area contributed by atoms with Crippen LogP contribution in [0, 0.1) is 6.92 Å². The number of hydrogen-bond acceptors (Lipinski definition) is 3. The number of carbonyl (C=O) groups is 1. The van der Waals surface area contributed by atoms with Crippen LogP contribution in [-0.2, 0) is 17.8 Å². The van der Waals surface area contributed by atoms with Gasteiger partial charge in [0.05, 0.1) is 11.2 Å². The lowest BCUT2D eigenvalue weighted by molar-refractivity contribution is -0.121. The molecule has 0 unspecified atom stereocenters. The Bertz CT molecular complexity index is 1050. The van der Waals surface area contributed by atoms with Crippen molar-refractivity contribution in [3.63, 3.8) is 0 Å². The smallest absolute Gasteiger partial charge is 0.241 e. The quantitative estimate of drug-likeness (QED) is 0.548. The molecule has 5 heteroatoms. The van der Waals surface area contributed by atoms with Crippen LogP contribution >= 0.6 is 0 Å². The number of nitrogens with one attached hydrogen (secondary N) is 1. The van der Waals surface area contributed by atoms with E-state index in [1.54, 1.807) is 0 Å². The van der Waals surface area contributed by atoms with Gasteiger partial charge in [-0.1, -0.05) is 68.1 Å². The molecule has 1 aromatic heterocycles. The number of aryl methyl sites for hydroxylation is 2. The summed E-state index contributed by atoms with van der Waals surface area (Å²) in [5.74, 6) is 0.0230. The molecule has 0 spiro atoms. The SMILES string of the molecule is CCc1nn(CC(=O)NCCN(C)C2CCCCC2)c2cc(-c3ccc(C)cc3)ccc12. The molecule has 2 aromatic carbocycles. The van der Waals surface area contributed by atoms with Crippen molar-refractivity contribution in [2.45, 2.75) is 65.0 Å². The Labute approximate surface area is 191 Å². The maximum absolute atomic E-state index is 12.7. The Balaban J connectivity index is 1.43. The van der Waals surface area contributed by atoms with Crippen molar-refractivity contribution in [2.24, 2.45) is 0 Å². The van der Waals surface area contributed by atoms with Crippen molar-refractivity contribution in [3.05, 3.63) is 53.7 Å². The number of nitrogens with zero attached hydrogens (tertiary/aromatic N) is 3. The number of amides is 1. The van der Waals surface area contributed by atoms with Crippen LogP contribution in [0.2, 0.25) is 0 Å². The summed E-state index contributed by atoms with van der Waals surface area (Å²) in [7, 11) is 2.18. The van der Waals surface area contributed by atoms with Gasteiger partial charge in [0.1, 0.15) is 6.54 Å². The zero-order valence-corrected chi connectivity index (χ0v) is 19.7. The summed E-state index contributed by atoms with van der Waals surface area (Å²) in [6, 6.07) is 15.7. The third-order valence-electron chi connectivity index (χ3n) is 6.83. The lowest BCUT2D eigenvalue weighted by Crippen LogP contribution is -2.40. The summed E-state index contributed by atoms with van der Waals surface area (Å²) in [4.78, 5) is 15.1. The van der Waals surface area contributed by atoms with Gasteiger partial charge in [0, 0.05) is 24.5 Å². The molecular weight excluding hydrogens is 396 g/mol. The van der Waals surface area contributed by atoms with Crippen LogP contribution in [0.5, 0.6) is 0 Å². The zero-order chi connectivity index (χ0) is 22.5. The van der Waals surface area contributed by atoms with E-state index in [0.29, 0.717) is 12.6 Å². The van der Waals surface area contributed by atoms with E-state index < -0.39 is 0 Å². The number of likely N-dealkylation sites (N-methyl/N-ethyl adjacent to an activating group) is 1. The molecule has 1 heterocycles. The minimum atomic E-state index is 0.0230. The third kappa shape index (κ3) is 5.21. The summed E-state index contributed by atoms with van der Waals surface area (Å²) in [6.07, 6.45) is 7.45. The molecule has 1 saturated carbocycles. The van der Waals surface area contributed by atoms with Crippen LogP contribution in [0.15, 0.2) is 42.5 Å². The number of hydrogen-bond donors (Lipinski definition) is 1. The monoisotopic (exact) mass is 432 g/mol. The highest BCUT2D eigenvalue weighted by Gasteiger charge is 2.18. The molecule has 5 nitrogen and oxygen atoms in total. The van der Waals surface area contributed by atoms with E-state index in [2.05, 4.69) is 73.6 Å². The van der Waals surface area contributed by atoms with Crippen molar-refractivity contribution < 1.29 is 4.79 Å². The van der Waals surface area contributed by atoms with Gasteiger partial charge in [-0.25, -0.2) is 0 Å². The molecule has 0 bridgehead atoms. The van der Waals surface area contributed by atoms with Gasteiger partial charge in [0.2, 0.25) is 5.91 Å². The average molecular weight is 433 g/mol. The van der Waals surface area contributed by atoms with Gasteiger partial charge >= 0.3 is 0 Å². The highest BCUT2D eigenvalue weighted by molar-refractivity contribution is 5.88. The molecule has 0 saturated heterocycles. The number of rotatable bonds is 8. The van der Waals surface area contributed by atoms with E-state index in [1.165, 1.54) is 43.2 Å². The van der Waals surface area contributed by atoms with Crippen LogP contribution in [0.3, 0.4) is 0 Å². The Morgan fingerprint density at radius 2 is 1.81 bits per heavy atom. The van der Waals surface area contributed by atoms with E-state index >= 15 is 0 Å². The van der Waals surface area contributed by atoms with Crippen LogP contribution < -0.4 is 5.32 Å². The van der Waals surface area contributed by atoms with Crippen molar-refractivity contribution in [1.82, 2.24) is 20.0 Å². The standard InChI is InChI=1S/C27H36N4O/c1-4-25-24-15-14-22(21-12-10-20(2)11-13-21)18-26(24)31(29-25)19-27(32)28-16-17-30(3)23-8-6-5-7-9-23/h10-15,18,23H,4-9,16-17,19H2,1-3H3,(H,28,32). The minimum absolute atomic E-state index is 0.0230. The summed E-state index contributed by atoms with van der Waals surface area (Å²) in [5.41, 5.74) is 5.64. The van der Waals surface area contributed by atoms with Crippen LogP contribution in [0.1, 0.15) is 50.3 Å². The average Bonchev–Trinajstić information content (AvgIpc) is 3.16. The second kappa shape index (κ2) is 10.3. The number of carbonyl (C=O) groups excluding carboxylic acids is 1. The minimum Gasteiger partial charge on any atom is -0.353 e. The number of fused-ring (bicyclic) bond motifs is 1. The third-order valence-corrected chi connectivity index (χ3v) is 6.83. The van der Waals surface area contributed by atoms with E-state index in [9.17, 15) is 4.79 Å². The molecule has 1 aliphatic rings. The molecule has 32 heavy (non-hydrogen) atoms. The Morgan fingerprint density at radius 3 is 2.53 bits per heavy atom. The number of benzene rings is 2. The van der Waals surface area contributed by atoms with Gasteiger partial charge in [0.25, 0.3) is 0 Å². The van der Waals surface area contributed by atoms with Crippen molar-refractivity contribution in [1.29, 1.82) is 0 Å². The molecule has 0 atom stereocenters. The van der Waals surface area contributed by atoms with Gasteiger partial charge in [-0.2, -0.15) is 5.10 Å². The van der Waals surface area contributed by atoms with Gasteiger partial charge < -0.3 is 10.2 Å². The largest absolute Gasteiger partial charge is 0.353 e. The molecule has 4 rings (SSSR count). The Morgan fingerprint density at radius 1 is 1.09 bits per heavy atom. The van der Waals surface area contributed by atoms with Crippen LogP contribution in [0.25, 0.3) is 22.0 Å². The highest BCUT2D eigenvalue weighted by atomic mass is 16.2. The molecule has 0 radical (unpaired) electrons. The van der Waals surface area contributed by atoms with Gasteiger partial charge in [0.15, 0.2) is 0 Å². The molecule has 1 fully saturated rings. The maximum atomic E-state index is 12.7. The summed E-state index contributed by atoms with van der Waals surface area (Å²) in [6.45, 7) is 6.04. The van der Waals surface area contributed by atoms with E-state index in [1.807, 2.05) is 4.68 Å². The maximum Gasteiger partial charge on any atom is 0.241 e. The van der Waals surface area contributed by atoms with E-state index in [4.69, 9.17) is 5.10 Å². The lowest BCUT2D eigenvalue weighted by Gasteiger charge is -2.31. The van der Waals surface area contributed by atoms with Gasteiger partial charge in [-0.3, -0.25) is 9.48 Å². The van der Waals surface area contributed by atoms with Gasteiger partial charge in [-0.05, 0) is 50.4 Å². The normalized spacial score (nSPS) is 14.9. The lowest BCUT2D eigenvalue weighted by atomic mass is 9.94. The first-order valence-corrected chi connectivity index (χ1v) is 12.1. The molecule has 3 aromatic rings. The van der Waals surface area contributed by atoms with Crippen LogP contribution in [0.4, 0.5) is 0 Å². The fourth-order valence-corrected chi connectivity index (χ4v) is 4.82. The predicted molar refractivity (Wildman–Crippen MR) is 132 cm³/mol. The van der Waals surface area contributed by atoms with Crippen molar-refractivity contribution in [2.75, 3.05) is 20.1 Å². The second-order valence-electron chi connectivity index (χ2n) is 9.18. The van der Waals surface area contributed by atoms with Gasteiger partial charge in [-0.15, -0.1) is 0 Å². The predicted octanol–water partition coefficient (Wildman–Crippen LogP) is 4.95. The van der Waals surface area contributed by atoms with Crippen molar-refractivity contribution >= 4 is 16.8 Å². The van der Waals surface area contributed by atoms with Crippen LogP contribution in [-0.4, -0.2) is 46.8 Å². The first kappa shape index (κ1) is 22.5. The second-order valence-corrected chi connectivity index (χ2v) is 9.18. The fourth-order valence-electron chi connectivity index (χ4n) is 4.82. The Kier molecular flexibility index (Phi) is 7.26. The van der Waals surface area contributed by atoms with E-state index in [0.717, 1.165) is 35.1 Å². The molecule has 1 aliphatic carbocycles. The summed E-state index contributed by atoms with van der Waals surface area (Å²) < 4.78 is 1.87. The first-order chi connectivity index (χ1) is 15.5. The highest BCUT2D eigenvalue weighted by Crippen LogP contribution is 2.27. The fraction of sp³-hybridized carbons (Fsp3) is 0.481. The molecule has 0 aliphatic heterocycles. The number of aromatic nitrogens is 2. The molecule has 170 valence electrons.